The number of anilines is 1. The van der Waals surface area contributed by atoms with Crippen LogP contribution in [0.5, 0.6) is 0 Å². The zero-order valence-electron chi connectivity index (χ0n) is 14.0. The Bertz CT molecular complexity index is 1060. The molecule has 0 saturated carbocycles. The molecular weight excluding hydrogens is 376 g/mol. The molecule has 0 aliphatic carbocycles. The van der Waals surface area contributed by atoms with Crippen LogP contribution in [0, 0.1) is 11.6 Å². The predicted octanol–water partition coefficient (Wildman–Crippen LogP) is 4.18. The van der Waals surface area contributed by atoms with Crippen LogP contribution >= 0.6 is 11.3 Å². The molecule has 0 spiro atoms. The number of rotatable bonds is 5. The van der Waals surface area contributed by atoms with Gasteiger partial charge in [0.2, 0.25) is 11.7 Å². The highest BCUT2D eigenvalue weighted by atomic mass is 32.1. The largest absolute Gasteiger partial charge is 0.453 e. The van der Waals surface area contributed by atoms with Crippen molar-refractivity contribution in [2.75, 3.05) is 11.9 Å². The average Bonchev–Trinajstić information content (AvgIpc) is 3.02. The van der Waals surface area contributed by atoms with Gasteiger partial charge in [-0.1, -0.05) is 0 Å². The lowest BCUT2D eigenvalue weighted by atomic mass is 10.1. The molecule has 1 N–H and O–H groups in total. The maximum atomic E-state index is 14.0. The molecule has 0 saturated heterocycles. The SMILES string of the molecule is CC(=O)Nc1ccc(C(=O)COC(=O)c2cc3cc(F)ccc3s2)c(F)c1. The third-order valence-electron chi connectivity index (χ3n) is 3.60. The van der Waals surface area contributed by atoms with Crippen molar-refractivity contribution in [3.8, 4) is 0 Å². The standard InChI is InChI=1S/C19H13F2NO4S/c1-10(23)22-13-3-4-14(15(21)8-13)16(24)9-26-19(25)18-7-11-6-12(20)2-5-17(11)27-18/h2-8H,9H2,1H3,(H,22,23). The smallest absolute Gasteiger partial charge is 0.348 e. The zero-order chi connectivity index (χ0) is 19.6. The first-order valence-corrected chi connectivity index (χ1v) is 8.61. The van der Waals surface area contributed by atoms with Crippen molar-refractivity contribution in [3.05, 3.63) is 64.5 Å². The number of carbonyl (C=O) groups is 3. The quantitative estimate of drug-likeness (QED) is 0.525. The monoisotopic (exact) mass is 389 g/mol. The van der Waals surface area contributed by atoms with Crippen LogP contribution < -0.4 is 5.32 Å². The number of carbonyl (C=O) groups excluding carboxylic acids is 3. The van der Waals surface area contributed by atoms with Gasteiger partial charge in [-0.3, -0.25) is 9.59 Å². The molecule has 8 heteroatoms. The predicted molar refractivity (Wildman–Crippen MR) is 97.1 cm³/mol. The lowest BCUT2D eigenvalue weighted by Gasteiger charge is -2.06. The van der Waals surface area contributed by atoms with Crippen molar-refractivity contribution in [3.63, 3.8) is 0 Å². The van der Waals surface area contributed by atoms with E-state index in [4.69, 9.17) is 4.74 Å². The number of halogens is 2. The van der Waals surface area contributed by atoms with Crippen molar-refractivity contribution < 1.29 is 27.9 Å². The van der Waals surface area contributed by atoms with Gasteiger partial charge in [0.1, 0.15) is 16.5 Å². The van der Waals surface area contributed by atoms with Crippen LogP contribution in [-0.4, -0.2) is 24.3 Å². The molecule has 1 amide bonds. The van der Waals surface area contributed by atoms with E-state index in [1.165, 1.54) is 37.3 Å². The third-order valence-corrected chi connectivity index (χ3v) is 4.70. The number of nitrogens with one attached hydrogen (secondary N) is 1. The molecule has 1 aromatic heterocycles. The first-order chi connectivity index (χ1) is 12.8. The first kappa shape index (κ1) is 18.7. The summed E-state index contributed by atoms with van der Waals surface area (Å²) in [5.41, 5.74) is -0.0404. The number of Topliss-reactive ketones (excluding diaryl/α,β-unsaturated/α-hetero) is 1. The summed E-state index contributed by atoms with van der Waals surface area (Å²) < 4.78 is 32.9. The van der Waals surface area contributed by atoms with Crippen LogP contribution in [0.1, 0.15) is 27.0 Å². The van der Waals surface area contributed by atoms with Gasteiger partial charge in [0.15, 0.2) is 6.61 Å². The summed E-state index contributed by atoms with van der Waals surface area (Å²) >= 11 is 1.11. The number of thiophene rings is 1. The molecule has 138 valence electrons. The van der Waals surface area contributed by atoms with Gasteiger partial charge in [-0.25, -0.2) is 13.6 Å². The summed E-state index contributed by atoms with van der Waals surface area (Å²) in [5.74, 6) is -3.10. The molecule has 0 bridgehead atoms. The number of amides is 1. The van der Waals surface area contributed by atoms with Crippen LogP contribution in [0.15, 0.2) is 42.5 Å². The highest BCUT2D eigenvalue weighted by Crippen LogP contribution is 2.27. The minimum atomic E-state index is -0.834. The number of ketones is 1. The Labute approximate surface area is 156 Å². The van der Waals surface area contributed by atoms with Gasteiger partial charge in [0.05, 0.1) is 5.56 Å². The number of benzene rings is 2. The third kappa shape index (κ3) is 4.35. The minimum absolute atomic E-state index is 0.213. The Morgan fingerprint density at radius 2 is 1.85 bits per heavy atom. The summed E-state index contributed by atoms with van der Waals surface area (Å²) in [4.78, 5) is 35.4. The van der Waals surface area contributed by atoms with Gasteiger partial charge in [-0.15, -0.1) is 11.3 Å². The van der Waals surface area contributed by atoms with Crippen LogP contribution in [-0.2, 0) is 9.53 Å². The van der Waals surface area contributed by atoms with E-state index in [1.54, 1.807) is 6.07 Å². The second kappa shape index (κ2) is 7.63. The second-order valence-electron chi connectivity index (χ2n) is 5.67. The lowest BCUT2D eigenvalue weighted by molar-refractivity contribution is -0.114. The van der Waals surface area contributed by atoms with Crippen molar-refractivity contribution in [2.24, 2.45) is 0 Å². The Kier molecular flexibility index (Phi) is 5.27. The molecule has 1 heterocycles. The molecule has 0 aliphatic heterocycles. The van der Waals surface area contributed by atoms with Crippen LogP contribution in [0.2, 0.25) is 0 Å². The molecule has 3 rings (SSSR count). The van der Waals surface area contributed by atoms with Crippen LogP contribution in [0.3, 0.4) is 0 Å². The van der Waals surface area contributed by atoms with E-state index < -0.39 is 30.0 Å². The van der Waals surface area contributed by atoms with Gasteiger partial charge in [0, 0.05) is 17.3 Å². The normalized spacial score (nSPS) is 10.6. The minimum Gasteiger partial charge on any atom is -0.453 e. The number of hydrogen-bond acceptors (Lipinski definition) is 5. The Morgan fingerprint density at radius 3 is 2.56 bits per heavy atom. The van der Waals surface area contributed by atoms with E-state index in [1.807, 2.05) is 0 Å². The molecule has 0 unspecified atom stereocenters. The van der Waals surface area contributed by atoms with E-state index in [2.05, 4.69) is 5.32 Å². The number of esters is 1. The van der Waals surface area contributed by atoms with E-state index in [-0.39, 0.29) is 22.0 Å². The molecule has 5 nitrogen and oxygen atoms in total. The zero-order valence-corrected chi connectivity index (χ0v) is 14.9. The van der Waals surface area contributed by atoms with E-state index in [0.717, 1.165) is 17.4 Å². The van der Waals surface area contributed by atoms with Gasteiger partial charge in [0.25, 0.3) is 0 Å². The van der Waals surface area contributed by atoms with Crippen molar-refractivity contribution in [1.82, 2.24) is 0 Å². The molecular formula is C19H13F2NO4S. The Balaban J connectivity index is 1.67. The maximum Gasteiger partial charge on any atom is 0.348 e. The van der Waals surface area contributed by atoms with Gasteiger partial charge in [-0.05, 0) is 47.9 Å². The van der Waals surface area contributed by atoms with Crippen molar-refractivity contribution in [2.45, 2.75) is 6.92 Å². The van der Waals surface area contributed by atoms with Gasteiger partial charge < -0.3 is 10.1 Å². The summed E-state index contributed by atoms with van der Waals surface area (Å²) in [5, 5.41) is 2.95. The summed E-state index contributed by atoms with van der Waals surface area (Å²) in [6.45, 7) is 0.636. The molecule has 2 aromatic carbocycles. The summed E-state index contributed by atoms with van der Waals surface area (Å²) in [6, 6.07) is 9.18. The lowest BCUT2D eigenvalue weighted by Crippen LogP contribution is -2.15. The van der Waals surface area contributed by atoms with Gasteiger partial charge >= 0.3 is 5.97 Å². The highest BCUT2D eigenvalue weighted by molar-refractivity contribution is 7.20. The number of ether oxygens (including phenoxy) is 1. The van der Waals surface area contributed by atoms with Crippen LogP contribution in [0.25, 0.3) is 10.1 Å². The second-order valence-corrected chi connectivity index (χ2v) is 6.75. The summed E-state index contributed by atoms with van der Waals surface area (Å²) in [6.07, 6.45) is 0. The first-order valence-electron chi connectivity index (χ1n) is 7.80. The fraction of sp³-hybridized carbons (Fsp3) is 0.105. The highest BCUT2D eigenvalue weighted by Gasteiger charge is 2.17. The van der Waals surface area contributed by atoms with Crippen molar-refractivity contribution >= 4 is 44.8 Å². The molecule has 27 heavy (non-hydrogen) atoms. The number of hydrogen-bond donors (Lipinski definition) is 1. The molecule has 3 aromatic rings. The average molecular weight is 389 g/mol. The molecule has 0 radical (unpaired) electrons. The van der Waals surface area contributed by atoms with Crippen molar-refractivity contribution in [1.29, 1.82) is 0 Å². The summed E-state index contributed by atoms with van der Waals surface area (Å²) in [7, 11) is 0. The van der Waals surface area contributed by atoms with E-state index in [0.29, 0.717) is 10.1 Å². The van der Waals surface area contributed by atoms with E-state index in [9.17, 15) is 23.2 Å². The van der Waals surface area contributed by atoms with E-state index >= 15 is 0 Å². The Hall–Kier alpha value is -3.13. The topological polar surface area (TPSA) is 72.5 Å². The molecule has 0 aliphatic rings. The van der Waals surface area contributed by atoms with Crippen LogP contribution in [0.4, 0.5) is 14.5 Å². The molecule has 0 atom stereocenters. The maximum absolute atomic E-state index is 14.0. The number of fused-ring (bicyclic) bond motifs is 1. The molecule has 0 fully saturated rings. The van der Waals surface area contributed by atoms with Gasteiger partial charge in [-0.2, -0.15) is 0 Å². The fourth-order valence-electron chi connectivity index (χ4n) is 2.42. The fourth-order valence-corrected chi connectivity index (χ4v) is 3.35. The Morgan fingerprint density at radius 1 is 1.07 bits per heavy atom.